The van der Waals surface area contributed by atoms with Crippen molar-refractivity contribution in [2.24, 2.45) is 0 Å². The van der Waals surface area contributed by atoms with E-state index in [1.54, 1.807) is 6.20 Å². The Morgan fingerprint density at radius 1 is 1.00 bits per heavy atom. The lowest BCUT2D eigenvalue weighted by Gasteiger charge is -2.35. The normalized spacial score (nSPS) is 20.1. The number of benzene rings is 1. The van der Waals surface area contributed by atoms with Crippen LogP contribution in [-0.2, 0) is 24.4 Å². The van der Waals surface area contributed by atoms with Crippen molar-refractivity contribution in [1.29, 1.82) is 0 Å². The first kappa shape index (κ1) is 19.8. The molecular weight excluding hydrogens is 362 g/mol. The van der Waals surface area contributed by atoms with Crippen LogP contribution in [0.4, 0.5) is 0 Å². The van der Waals surface area contributed by atoms with Crippen LogP contribution in [0.2, 0.25) is 0 Å². The largest absolute Gasteiger partial charge is 0.373 e. The van der Waals surface area contributed by atoms with Crippen LogP contribution in [0.15, 0.2) is 55.0 Å². The Morgan fingerprint density at radius 2 is 1.76 bits per heavy atom. The van der Waals surface area contributed by atoms with Crippen LogP contribution in [0.5, 0.6) is 0 Å². The van der Waals surface area contributed by atoms with E-state index in [0.29, 0.717) is 0 Å². The van der Waals surface area contributed by atoms with Crippen molar-refractivity contribution in [3.8, 4) is 11.3 Å². The van der Waals surface area contributed by atoms with Gasteiger partial charge in [0.15, 0.2) is 0 Å². The maximum atomic E-state index is 5.87. The fraction of sp³-hybridized carbons (Fsp3) is 0.391. The minimum absolute atomic E-state index is 0.288. The van der Waals surface area contributed by atoms with Crippen molar-refractivity contribution in [3.05, 3.63) is 71.7 Å². The minimum atomic E-state index is 0.288. The Balaban J connectivity index is 1.38. The number of morpholine rings is 1. The van der Waals surface area contributed by atoms with Gasteiger partial charge in [0.05, 0.1) is 24.1 Å². The van der Waals surface area contributed by atoms with Gasteiger partial charge in [0.2, 0.25) is 0 Å². The zero-order chi connectivity index (χ0) is 20.1. The Hall–Kier alpha value is -2.54. The molecule has 2 atom stereocenters. The van der Waals surface area contributed by atoms with Gasteiger partial charge in [0, 0.05) is 56.2 Å². The first-order valence-electron chi connectivity index (χ1n) is 10.3. The predicted octanol–water partition coefficient (Wildman–Crippen LogP) is 3.37. The van der Waals surface area contributed by atoms with Gasteiger partial charge in [-0.1, -0.05) is 24.3 Å². The third kappa shape index (κ3) is 5.09. The van der Waals surface area contributed by atoms with Crippen LogP contribution in [0.25, 0.3) is 11.3 Å². The summed E-state index contributed by atoms with van der Waals surface area (Å²) in [5, 5.41) is 10.9. The van der Waals surface area contributed by atoms with Gasteiger partial charge in [-0.25, -0.2) is 0 Å². The summed E-state index contributed by atoms with van der Waals surface area (Å²) in [4.78, 5) is 6.70. The quantitative estimate of drug-likeness (QED) is 0.646. The maximum absolute atomic E-state index is 5.87. The van der Waals surface area contributed by atoms with E-state index in [4.69, 9.17) is 4.74 Å². The summed E-state index contributed by atoms with van der Waals surface area (Å²) in [7, 11) is 0. The topological polar surface area (TPSA) is 66.1 Å². The molecule has 1 saturated heterocycles. The van der Waals surface area contributed by atoms with Crippen molar-refractivity contribution in [1.82, 2.24) is 25.4 Å². The molecule has 0 unspecified atom stereocenters. The molecule has 3 heterocycles. The fourth-order valence-electron chi connectivity index (χ4n) is 4.08. The summed E-state index contributed by atoms with van der Waals surface area (Å²) in [6.45, 7) is 8.80. The molecule has 29 heavy (non-hydrogen) atoms. The molecule has 1 aromatic carbocycles. The van der Waals surface area contributed by atoms with Crippen molar-refractivity contribution in [3.63, 3.8) is 0 Å². The zero-order valence-corrected chi connectivity index (χ0v) is 17.1. The summed E-state index contributed by atoms with van der Waals surface area (Å²) in [5.74, 6) is 0. The third-order valence-corrected chi connectivity index (χ3v) is 5.31. The minimum Gasteiger partial charge on any atom is -0.373 e. The van der Waals surface area contributed by atoms with Crippen molar-refractivity contribution in [2.45, 2.75) is 45.7 Å². The third-order valence-electron chi connectivity index (χ3n) is 5.31. The van der Waals surface area contributed by atoms with Crippen molar-refractivity contribution >= 4 is 0 Å². The molecule has 1 aliphatic rings. The Kier molecular flexibility index (Phi) is 6.34. The monoisotopic (exact) mass is 391 g/mol. The second-order valence-corrected chi connectivity index (χ2v) is 7.84. The van der Waals surface area contributed by atoms with Crippen LogP contribution in [-0.4, -0.2) is 45.4 Å². The van der Waals surface area contributed by atoms with Crippen molar-refractivity contribution < 1.29 is 4.74 Å². The van der Waals surface area contributed by atoms with Gasteiger partial charge in [0.25, 0.3) is 0 Å². The van der Waals surface area contributed by atoms with E-state index in [0.717, 1.165) is 49.5 Å². The van der Waals surface area contributed by atoms with E-state index in [1.807, 2.05) is 24.5 Å². The lowest BCUT2D eigenvalue weighted by atomic mass is 10.1. The summed E-state index contributed by atoms with van der Waals surface area (Å²) < 4.78 is 5.87. The number of nitrogens with zero attached hydrogens (tertiary/aromatic N) is 3. The molecule has 1 aliphatic heterocycles. The number of hydrogen-bond acceptors (Lipinski definition) is 5. The van der Waals surface area contributed by atoms with Crippen LogP contribution < -0.4 is 5.32 Å². The number of pyridine rings is 1. The molecule has 0 saturated carbocycles. The fourth-order valence-corrected chi connectivity index (χ4v) is 4.08. The van der Waals surface area contributed by atoms with E-state index in [1.165, 1.54) is 11.1 Å². The van der Waals surface area contributed by atoms with Crippen molar-refractivity contribution in [2.75, 3.05) is 13.1 Å². The molecule has 152 valence electrons. The van der Waals surface area contributed by atoms with Gasteiger partial charge >= 0.3 is 0 Å². The maximum Gasteiger partial charge on any atom is 0.0710 e. The Morgan fingerprint density at radius 3 is 2.52 bits per heavy atom. The van der Waals surface area contributed by atoms with Crippen LogP contribution in [0.1, 0.15) is 30.5 Å². The molecule has 2 N–H and O–H groups in total. The molecule has 0 spiro atoms. The lowest BCUT2D eigenvalue weighted by Crippen LogP contribution is -2.45. The molecule has 0 amide bonds. The van der Waals surface area contributed by atoms with Gasteiger partial charge in [-0.15, -0.1) is 0 Å². The molecule has 0 radical (unpaired) electrons. The molecule has 1 fully saturated rings. The number of H-pyrrole nitrogens is 1. The smallest absolute Gasteiger partial charge is 0.0710 e. The molecule has 6 nitrogen and oxygen atoms in total. The number of nitrogens with one attached hydrogen (secondary N) is 2. The van der Waals surface area contributed by atoms with E-state index in [2.05, 4.69) is 63.5 Å². The Bertz CT molecular complexity index is 900. The second-order valence-electron chi connectivity index (χ2n) is 7.84. The van der Waals surface area contributed by atoms with Gasteiger partial charge < -0.3 is 10.1 Å². The molecule has 0 aliphatic carbocycles. The molecule has 0 bridgehead atoms. The van der Waals surface area contributed by atoms with Gasteiger partial charge in [0.1, 0.15) is 0 Å². The second kappa shape index (κ2) is 9.31. The van der Waals surface area contributed by atoms with E-state index >= 15 is 0 Å². The first-order chi connectivity index (χ1) is 14.2. The summed E-state index contributed by atoms with van der Waals surface area (Å²) >= 11 is 0. The summed E-state index contributed by atoms with van der Waals surface area (Å²) in [6.07, 6.45) is 6.10. The van der Waals surface area contributed by atoms with E-state index < -0.39 is 0 Å². The van der Waals surface area contributed by atoms with Gasteiger partial charge in [-0.2, -0.15) is 5.10 Å². The average Bonchev–Trinajstić information content (AvgIpc) is 3.18. The number of aromatic nitrogens is 3. The molecule has 6 heteroatoms. The molecular formula is C23H29N5O. The Labute approximate surface area is 172 Å². The first-order valence-corrected chi connectivity index (χ1v) is 10.3. The summed E-state index contributed by atoms with van der Waals surface area (Å²) in [6, 6.07) is 12.7. The molecule has 2 aromatic heterocycles. The molecule has 4 rings (SSSR count). The number of hydrogen-bond donors (Lipinski definition) is 2. The zero-order valence-electron chi connectivity index (χ0n) is 17.1. The van der Waals surface area contributed by atoms with Gasteiger partial charge in [-0.05, 0) is 37.1 Å². The molecule has 3 aromatic rings. The highest BCUT2D eigenvalue weighted by Gasteiger charge is 2.22. The lowest BCUT2D eigenvalue weighted by molar-refractivity contribution is -0.0705. The highest BCUT2D eigenvalue weighted by Crippen LogP contribution is 2.20. The van der Waals surface area contributed by atoms with Crippen LogP contribution in [0.3, 0.4) is 0 Å². The van der Waals surface area contributed by atoms with E-state index in [-0.39, 0.29) is 12.2 Å². The van der Waals surface area contributed by atoms with E-state index in [9.17, 15) is 0 Å². The summed E-state index contributed by atoms with van der Waals surface area (Å²) in [5.41, 5.74) is 5.94. The SMILES string of the molecule is C[C@H]1CN(Cc2ccccc2CNCc2cn[nH]c2-c2cccnc2)C[C@H](C)O1. The predicted molar refractivity (Wildman–Crippen MR) is 114 cm³/mol. The van der Waals surface area contributed by atoms with Crippen LogP contribution in [0, 0.1) is 0 Å². The highest BCUT2D eigenvalue weighted by atomic mass is 16.5. The number of aromatic amines is 1. The van der Waals surface area contributed by atoms with Crippen LogP contribution >= 0.6 is 0 Å². The van der Waals surface area contributed by atoms with Gasteiger partial charge in [-0.3, -0.25) is 15.0 Å². The standard InChI is InChI=1S/C23H29N5O/c1-17-14-28(15-18(2)29-17)16-21-7-4-3-6-19(21)10-25-12-22-13-26-27-23(22)20-8-5-9-24-11-20/h3-9,11,13,17-18,25H,10,12,14-16H2,1-2H3,(H,26,27)/t17-,18-/m0/s1. The highest BCUT2D eigenvalue weighted by molar-refractivity contribution is 5.61. The number of rotatable bonds is 7. The average molecular weight is 392 g/mol. The number of ether oxygens (including phenoxy) is 1.